The number of carbonyl (C=O) groups is 1. The van der Waals surface area contributed by atoms with Crippen LogP contribution in [0.2, 0.25) is 0 Å². The Hall–Kier alpha value is -1.31. The first-order chi connectivity index (χ1) is 8.79. The van der Waals surface area contributed by atoms with Crippen molar-refractivity contribution in [3.63, 3.8) is 0 Å². The van der Waals surface area contributed by atoms with E-state index in [1.807, 2.05) is 6.07 Å². The second-order valence-corrected chi connectivity index (χ2v) is 5.74. The Bertz CT molecular complexity index is 426. The minimum atomic E-state index is -0.00537. The number of carbonyl (C=O) groups excluding carboxylic acids is 1. The molecule has 0 heterocycles. The SMILES string of the molecule is COC(=O)C1C2CC[C@H](C2)C[C@H]1c1ccccc1. The van der Waals surface area contributed by atoms with Gasteiger partial charge in [-0.05, 0) is 42.6 Å². The fourth-order valence-corrected chi connectivity index (χ4v) is 4.02. The predicted molar refractivity (Wildman–Crippen MR) is 70.1 cm³/mol. The Labute approximate surface area is 108 Å². The molecular weight excluding hydrogens is 224 g/mol. The van der Waals surface area contributed by atoms with E-state index in [2.05, 4.69) is 24.3 Å². The molecule has 2 fully saturated rings. The summed E-state index contributed by atoms with van der Waals surface area (Å²) in [6, 6.07) is 10.5. The zero-order chi connectivity index (χ0) is 12.5. The molecule has 2 unspecified atom stereocenters. The molecule has 2 nitrogen and oxygen atoms in total. The van der Waals surface area contributed by atoms with Gasteiger partial charge in [-0.3, -0.25) is 4.79 Å². The maximum atomic E-state index is 12.1. The number of rotatable bonds is 2. The highest BCUT2D eigenvalue weighted by Crippen LogP contribution is 2.52. The van der Waals surface area contributed by atoms with Crippen LogP contribution in [0, 0.1) is 17.8 Å². The Morgan fingerprint density at radius 2 is 1.94 bits per heavy atom. The summed E-state index contributed by atoms with van der Waals surface area (Å²) in [6.45, 7) is 0. The number of hydrogen-bond donors (Lipinski definition) is 0. The van der Waals surface area contributed by atoms with Crippen LogP contribution in [0.1, 0.15) is 37.2 Å². The van der Waals surface area contributed by atoms with Gasteiger partial charge in [-0.25, -0.2) is 0 Å². The number of benzene rings is 1. The molecule has 0 aromatic heterocycles. The van der Waals surface area contributed by atoms with E-state index in [-0.39, 0.29) is 11.9 Å². The molecule has 0 N–H and O–H groups in total. The third-order valence-electron chi connectivity index (χ3n) is 4.81. The molecule has 0 aliphatic heterocycles. The molecule has 96 valence electrons. The molecule has 0 amide bonds. The quantitative estimate of drug-likeness (QED) is 0.745. The van der Waals surface area contributed by atoms with E-state index < -0.39 is 0 Å². The summed E-state index contributed by atoms with van der Waals surface area (Å²) < 4.78 is 5.05. The molecule has 4 atom stereocenters. The fraction of sp³-hybridized carbons (Fsp3) is 0.562. The second kappa shape index (κ2) is 4.75. The average Bonchev–Trinajstić information content (AvgIpc) is 2.80. The van der Waals surface area contributed by atoms with Gasteiger partial charge in [0.25, 0.3) is 0 Å². The maximum Gasteiger partial charge on any atom is 0.309 e. The van der Waals surface area contributed by atoms with Gasteiger partial charge in [0.15, 0.2) is 0 Å². The fourth-order valence-electron chi connectivity index (χ4n) is 4.02. The van der Waals surface area contributed by atoms with Gasteiger partial charge in [0.1, 0.15) is 0 Å². The summed E-state index contributed by atoms with van der Waals surface area (Å²) in [4.78, 5) is 12.1. The van der Waals surface area contributed by atoms with Gasteiger partial charge < -0.3 is 4.74 Å². The zero-order valence-corrected chi connectivity index (χ0v) is 10.8. The molecule has 1 aromatic rings. The summed E-state index contributed by atoms with van der Waals surface area (Å²) in [5, 5.41) is 0. The third-order valence-corrected chi connectivity index (χ3v) is 4.81. The van der Waals surface area contributed by atoms with Crippen molar-refractivity contribution < 1.29 is 9.53 Å². The highest BCUT2D eigenvalue weighted by molar-refractivity contribution is 5.74. The molecule has 2 bridgehead atoms. The third kappa shape index (κ3) is 1.94. The molecule has 0 saturated heterocycles. The molecule has 18 heavy (non-hydrogen) atoms. The van der Waals surface area contributed by atoms with E-state index in [1.54, 1.807) is 0 Å². The Morgan fingerprint density at radius 1 is 1.17 bits per heavy atom. The maximum absolute atomic E-state index is 12.1. The first kappa shape index (κ1) is 11.8. The first-order valence-electron chi connectivity index (χ1n) is 6.92. The Balaban J connectivity index is 1.93. The van der Waals surface area contributed by atoms with Crippen molar-refractivity contribution in [2.24, 2.45) is 17.8 Å². The van der Waals surface area contributed by atoms with Crippen LogP contribution < -0.4 is 0 Å². The highest BCUT2D eigenvalue weighted by atomic mass is 16.5. The summed E-state index contributed by atoms with van der Waals surface area (Å²) in [5.74, 6) is 1.80. The lowest BCUT2D eigenvalue weighted by Gasteiger charge is -2.35. The van der Waals surface area contributed by atoms with E-state index in [0.717, 1.165) is 12.3 Å². The van der Waals surface area contributed by atoms with Crippen LogP contribution in [0.3, 0.4) is 0 Å². The van der Waals surface area contributed by atoms with Crippen molar-refractivity contribution in [1.29, 1.82) is 0 Å². The second-order valence-electron chi connectivity index (χ2n) is 5.74. The van der Waals surface area contributed by atoms with E-state index >= 15 is 0 Å². The highest BCUT2D eigenvalue weighted by Gasteiger charge is 2.46. The van der Waals surface area contributed by atoms with Crippen LogP contribution in [0.15, 0.2) is 30.3 Å². The Morgan fingerprint density at radius 3 is 2.67 bits per heavy atom. The van der Waals surface area contributed by atoms with Crippen LogP contribution >= 0.6 is 0 Å². The Kier molecular flexibility index (Phi) is 3.11. The van der Waals surface area contributed by atoms with E-state index in [0.29, 0.717) is 11.8 Å². The number of ether oxygens (including phenoxy) is 1. The number of esters is 1. The molecule has 2 aliphatic rings. The molecule has 0 spiro atoms. The van der Waals surface area contributed by atoms with Gasteiger partial charge in [0.05, 0.1) is 13.0 Å². The summed E-state index contributed by atoms with van der Waals surface area (Å²) >= 11 is 0. The van der Waals surface area contributed by atoms with Crippen molar-refractivity contribution in [3.8, 4) is 0 Å². The standard InChI is InChI=1S/C16H20O2/c1-18-16(17)15-13-8-7-11(9-13)10-14(15)12-5-3-2-4-6-12/h2-6,11,13-15H,7-10H2,1H3/t11-,13?,14+,15?/m1/s1. The van der Waals surface area contributed by atoms with Gasteiger partial charge in [-0.2, -0.15) is 0 Å². The van der Waals surface area contributed by atoms with Crippen molar-refractivity contribution in [3.05, 3.63) is 35.9 Å². The van der Waals surface area contributed by atoms with Gasteiger partial charge in [0.2, 0.25) is 0 Å². The molecule has 0 radical (unpaired) electrons. The first-order valence-corrected chi connectivity index (χ1v) is 6.92. The number of hydrogen-bond acceptors (Lipinski definition) is 2. The van der Waals surface area contributed by atoms with Crippen molar-refractivity contribution in [2.75, 3.05) is 7.11 Å². The van der Waals surface area contributed by atoms with Crippen molar-refractivity contribution in [1.82, 2.24) is 0 Å². The smallest absolute Gasteiger partial charge is 0.309 e. The molecule has 3 rings (SSSR count). The summed E-state index contributed by atoms with van der Waals surface area (Å²) in [6.07, 6.45) is 4.87. The minimum Gasteiger partial charge on any atom is -0.469 e. The zero-order valence-electron chi connectivity index (χ0n) is 10.8. The lowest BCUT2D eigenvalue weighted by atomic mass is 9.69. The van der Waals surface area contributed by atoms with Crippen molar-refractivity contribution in [2.45, 2.75) is 31.6 Å². The number of methoxy groups -OCH3 is 1. The lowest BCUT2D eigenvalue weighted by molar-refractivity contribution is -0.149. The van der Waals surface area contributed by atoms with Gasteiger partial charge in [0, 0.05) is 0 Å². The van der Waals surface area contributed by atoms with E-state index in [9.17, 15) is 4.79 Å². The molecule has 2 saturated carbocycles. The van der Waals surface area contributed by atoms with Crippen molar-refractivity contribution >= 4 is 5.97 Å². The van der Waals surface area contributed by atoms with E-state index in [1.165, 1.54) is 31.9 Å². The molecule has 1 aromatic carbocycles. The van der Waals surface area contributed by atoms with Gasteiger partial charge in [-0.1, -0.05) is 36.8 Å². The topological polar surface area (TPSA) is 26.3 Å². The van der Waals surface area contributed by atoms with Crippen LogP contribution in [-0.2, 0) is 9.53 Å². The largest absolute Gasteiger partial charge is 0.469 e. The van der Waals surface area contributed by atoms with Crippen LogP contribution in [0.5, 0.6) is 0 Å². The van der Waals surface area contributed by atoms with Crippen LogP contribution in [0.25, 0.3) is 0 Å². The van der Waals surface area contributed by atoms with Gasteiger partial charge in [-0.15, -0.1) is 0 Å². The monoisotopic (exact) mass is 244 g/mol. The average molecular weight is 244 g/mol. The normalized spacial score (nSPS) is 34.3. The molecule has 2 heteroatoms. The van der Waals surface area contributed by atoms with Gasteiger partial charge >= 0.3 is 5.97 Å². The number of fused-ring (bicyclic) bond motifs is 2. The summed E-state index contributed by atoms with van der Waals surface area (Å²) in [5.41, 5.74) is 1.31. The van der Waals surface area contributed by atoms with Crippen LogP contribution in [0.4, 0.5) is 0 Å². The van der Waals surface area contributed by atoms with Crippen LogP contribution in [-0.4, -0.2) is 13.1 Å². The predicted octanol–water partition coefficient (Wildman–Crippen LogP) is 3.38. The summed E-state index contributed by atoms with van der Waals surface area (Å²) in [7, 11) is 1.52. The molecule has 2 aliphatic carbocycles. The molecular formula is C16H20O2. The lowest BCUT2D eigenvalue weighted by Crippen LogP contribution is -2.33. The minimum absolute atomic E-state index is 0.00537. The van der Waals surface area contributed by atoms with E-state index in [4.69, 9.17) is 4.74 Å².